The summed E-state index contributed by atoms with van der Waals surface area (Å²) >= 11 is 0. The summed E-state index contributed by atoms with van der Waals surface area (Å²) in [4.78, 5) is 4.12. The first-order valence-corrected chi connectivity index (χ1v) is 4.71. The van der Waals surface area contributed by atoms with Crippen LogP contribution in [0.15, 0.2) is 36.8 Å². The van der Waals surface area contributed by atoms with Gasteiger partial charge in [0.15, 0.2) is 0 Å². The Labute approximate surface area is 82.3 Å². The molecule has 2 heterocycles. The molecule has 2 heteroatoms. The summed E-state index contributed by atoms with van der Waals surface area (Å²) in [5.41, 5.74) is 2.68. The molecule has 1 aliphatic heterocycles. The summed E-state index contributed by atoms with van der Waals surface area (Å²) in [7, 11) is 0. The number of fused-ring (bicyclic) bond motifs is 3. The van der Waals surface area contributed by atoms with Crippen molar-refractivity contribution in [1.29, 1.82) is 0 Å². The molecule has 2 nitrogen and oxygen atoms in total. The topological polar surface area (TPSA) is 24.9 Å². The van der Waals surface area contributed by atoms with Gasteiger partial charge in [-0.05, 0) is 34.9 Å². The van der Waals surface area contributed by atoms with Crippen molar-refractivity contribution < 1.29 is 0 Å². The molecular formula is C12H10N2. The Kier molecular flexibility index (Phi) is 1.53. The zero-order valence-corrected chi connectivity index (χ0v) is 7.70. The highest BCUT2D eigenvalue weighted by Crippen LogP contribution is 2.24. The Morgan fingerprint density at radius 3 is 3.21 bits per heavy atom. The van der Waals surface area contributed by atoms with Crippen LogP contribution in [0, 0.1) is 0 Å². The van der Waals surface area contributed by atoms with Gasteiger partial charge in [0.25, 0.3) is 0 Å². The maximum atomic E-state index is 4.12. The van der Waals surface area contributed by atoms with Crippen LogP contribution in [0.25, 0.3) is 16.8 Å². The molecule has 0 saturated heterocycles. The van der Waals surface area contributed by atoms with Crippen molar-refractivity contribution in [2.45, 2.75) is 6.54 Å². The zero-order chi connectivity index (χ0) is 9.38. The normalized spacial score (nSPS) is 13.7. The van der Waals surface area contributed by atoms with Crippen LogP contribution in [0.5, 0.6) is 0 Å². The largest absolute Gasteiger partial charge is 0.387 e. The molecule has 0 saturated carbocycles. The standard InChI is InChI=1S/C12H10N2/c1-2-10-7-13-6-4-11(10)12-8-14-5-3-9(1)12/h1-7,14H,8H2. The summed E-state index contributed by atoms with van der Waals surface area (Å²) < 4.78 is 0. The van der Waals surface area contributed by atoms with E-state index in [1.807, 2.05) is 18.6 Å². The molecule has 0 unspecified atom stereocenters. The molecule has 1 aliphatic rings. The Morgan fingerprint density at radius 1 is 1.21 bits per heavy atom. The maximum Gasteiger partial charge on any atom is 0.0407 e. The first-order valence-electron chi connectivity index (χ1n) is 4.71. The van der Waals surface area contributed by atoms with E-state index in [2.05, 4.69) is 34.6 Å². The van der Waals surface area contributed by atoms with Gasteiger partial charge in [-0.1, -0.05) is 12.1 Å². The quantitative estimate of drug-likeness (QED) is 0.676. The van der Waals surface area contributed by atoms with E-state index in [0.29, 0.717) is 0 Å². The molecule has 68 valence electrons. The molecule has 0 atom stereocenters. The third kappa shape index (κ3) is 1.01. The lowest BCUT2D eigenvalue weighted by Crippen LogP contribution is -2.10. The van der Waals surface area contributed by atoms with Crippen molar-refractivity contribution >= 4 is 16.8 Å². The van der Waals surface area contributed by atoms with Gasteiger partial charge in [0.1, 0.15) is 0 Å². The number of hydrogen-bond acceptors (Lipinski definition) is 2. The molecule has 0 spiro atoms. The van der Waals surface area contributed by atoms with Crippen molar-refractivity contribution in [2.24, 2.45) is 0 Å². The van der Waals surface area contributed by atoms with E-state index >= 15 is 0 Å². The van der Waals surface area contributed by atoms with Crippen LogP contribution in [-0.2, 0) is 6.54 Å². The van der Waals surface area contributed by atoms with Crippen LogP contribution in [0.4, 0.5) is 0 Å². The molecule has 0 fully saturated rings. The second-order valence-corrected chi connectivity index (χ2v) is 3.44. The summed E-state index contributed by atoms with van der Waals surface area (Å²) in [5, 5.41) is 5.74. The highest BCUT2D eigenvalue weighted by molar-refractivity contribution is 5.88. The minimum Gasteiger partial charge on any atom is -0.387 e. The second-order valence-electron chi connectivity index (χ2n) is 3.44. The summed E-state index contributed by atoms with van der Waals surface area (Å²) in [5.74, 6) is 0. The Morgan fingerprint density at radius 2 is 2.21 bits per heavy atom. The average molecular weight is 182 g/mol. The Bertz CT molecular complexity index is 515. The lowest BCUT2D eigenvalue weighted by molar-refractivity contribution is 0.866. The summed E-state index contributed by atoms with van der Waals surface area (Å²) in [6.07, 6.45) is 7.86. The lowest BCUT2D eigenvalue weighted by Gasteiger charge is -2.14. The minimum absolute atomic E-state index is 0.910. The Hall–Kier alpha value is -1.83. The lowest BCUT2D eigenvalue weighted by atomic mass is 9.99. The van der Waals surface area contributed by atoms with E-state index in [4.69, 9.17) is 0 Å². The number of hydrogen-bond donors (Lipinski definition) is 1. The van der Waals surface area contributed by atoms with E-state index in [-0.39, 0.29) is 0 Å². The summed E-state index contributed by atoms with van der Waals surface area (Å²) in [6.45, 7) is 0.910. The van der Waals surface area contributed by atoms with Gasteiger partial charge in [-0.3, -0.25) is 4.98 Å². The fraction of sp³-hybridized carbons (Fsp3) is 0.0833. The van der Waals surface area contributed by atoms with Crippen molar-refractivity contribution in [3.63, 3.8) is 0 Å². The van der Waals surface area contributed by atoms with Crippen LogP contribution in [0.3, 0.4) is 0 Å². The van der Waals surface area contributed by atoms with Gasteiger partial charge in [0.05, 0.1) is 0 Å². The third-order valence-electron chi connectivity index (χ3n) is 2.63. The molecular weight excluding hydrogens is 172 g/mol. The first kappa shape index (κ1) is 7.56. The smallest absolute Gasteiger partial charge is 0.0407 e. The van der Waals surface area contributed by atoms with E-state index in [0.717, 1.165) is 6.54 Å². The molecule has 0 bridgehead atoms. The minimum atomic E-state index is 0.910. The molecule has 0 radical (unpaired) electrons. The second kappa shape index (κ2) is 2.84. The molecule has 0 aliphatic carbocycles. The van der Waals surface area contributed by atoms with Gasteiger partial charge in [0, 0.05) is 24.3 Å². The highest BCUT2D eigenvalue weighted by Gasteiger charge is 2.07. The number of nitrogens with zero attached hydrogens (tertiary/aromatic N) is 1. The van der Waals surface area contributed by atoms with E-state index in [9.17, 15) is 0 Å². The van der Waals surface area contributed by atoms with Crippen molar-refractivity contribution in [3.05, 3.63) is 47.9 Å². The van der Waals surface area contributed by atoms with Gasteiger partial charge in [-0.15, -0.1) is 0 Å². The molecule has 0 amide bonds. The fourth-order valence-electron chi connectivity index (χ4n) is 1.91. The number of benzene rings is 1. The van der Waals surface area contributed by atoms with Crippen LogP contribution in [0.1, 0.15) is 11.1 Å². The molecule has 2 aromatic rings. The molecule has 1 aromatic heterocycles. The van der Waals surface area contributed by atoms with Crippen LogP contribution >= 0.6 is 0 Å². The van der Waals surface area contributed by atoms with Crippen molar-refractivity contribution in [3.8, 4) is 0 Å². The zero-order valence-electron chi connectivity index (χ0n) is 7.70. The fourth-order valence-corrected chi connectivity index (χ4v) is 1.91. The SMILES string of the molecule is C1=Cc2ccc3cnccc3c2CN1. The maximum absolute atomic E-state index is 4.12. The third-order valence-corrected chi connectivity index (χ3v) is 2.63. The number of rotatable bonds is 0. The number of aromatic nitrogens is 1. The predicted molar refractivity (Wildman–Crippen MR) is 57.6 cm³/mol. The van der Waals surface area contributed by atoms with Crippen LogP contribution in [0.2, 0.25) is 0 Å². The predicted octanol–water partition coefficient (Wildman–Crippen LogP) is 2.31. The van der Waals surface area contributed by atoms with Crippen LogP contribution in [-0.4, -0.2) is 4.98 Å². The molecule has 1 aromatic carbocycles. The van der Waals surface area contributed by atoms with Gasteiger partial charge in [0.2, 0.25) is 0 Å². The molecule has 3 rings (SSSR count). The van der Waals surface area contributed by atoms with Gasteiger partial charge in [-0.2, -0.15) is 0 Å². The molecule has 14 heavy (non-hydrogen) atoms. The number of nitrogens with one attached hydrogen (secondary N) is 1. The average Bonchev–Trinajstić information content (AvgIpc) is 2.29. The Balaban J connectivity index is 2.41. The number of pyridine rings is 1. The van der Waals surface area contributed by atoms with E-state index < -0.39 is 0 Å². The van der Waals surface area contributed by atoms with E-state index in [1.54, 1.807) is 0 Å². The monoisotopic (exact) mass is 182 g/mol. The highest BCUT2D eigenvalue weighted by atomic mass is 14.8. The molecule has 1 N–H and O–H groups in total. The van der Waals surface area contributed by atoms with Crippen molar-refractivity contribution in [1.82, 2.24) is 10.3 Å². The van der Waals surface area contributed by atoms with E-state index in [1.165, 1.54) is 21.9 Å². The first-order chi connectivity index (χ1) is 6.95. The van der Waals surface area contributed by atoms with Gasteiger partial charge >= 0.3 is 0 Å². The summed E-state index contributed by atoms with van der Waals surface area (Å²) in [6, 6.07) is 6.35. The van der Waals surface area contributed by atoms with Gasteiger partial charge < -0.3 is 5.32 Å². The van der Waals surface area contributed by atoms with Gasteiger partial charge in [-0.25, -0.2) is 0 Å². The van der Waals surface area contributed by atoms with Crippen LogP contribution < -0.4 is 5.32 Å². The van der Waals surface area contributed by atoms with Crippen molar-refractivity contribution in [2.75, 3.05) is 0 Å².